The second-order valence-corrected chi connectivity index (χ2v) is 3.96. The van der Waals surface area contributed by atoms with Crippen molar-refractivity contribution in [2.45, 2.75) is 6.92 Å². The van der Waals surface area contributed by atoms with E-state index in [0.717, 1.165) is 20.7 Å². The lowest BCUT2D eigenvalue weighted by molar-refractivity contribution is 0.472. The molecule has 1 aromatic heterocycles. The Labute approximate surface area is 79.2 Å². The van der Waals surface area contributed by atoms with Gasteiger partial charge in [0, 0.05) is 21.0 Å². The molecule has 62 valence electrons. The highest BCUT2D eigenvalue weighted by Crippen LogP contribution is 2.35. The zero-order chi connectivity index (χ0) is 8.72. The van der Waals surface area contributed by atoms with Gasteiger partial charge in [-0.25, -0.2) is 0 Å². The first-order valence-electron chi connectivity index (χ1n) is 3.55. The first kappa shape index (κ1) is 7.90. The molecular weight excluding hydrogens is 192 g/mol. The maximum absolute atomic E-state index is 9.39. The summed E-state index contributed by atoms with van der Waals surface area (Å²) in [6.07, 6.45) is 0. The normalized spacial score (nSPS) is 10.8. The van der Waals surface area contributed by atoms with E-state index >= 15 is 0 Å². The molecular formula is C9H7ClOS. The third kappa shape index (κ3) is 0.993. The summed E-state index contributed by atoms with van der Waals surface area (Å²) in [6, 6.07) is 3.52. The molecule has 0 radical (unpaired) electrons. The van der Waals surface area contributed by atoms with E-state index in [0.29, 0.717) is 5.75 Å². The first-order valence-corrected chi connectivity index (χ1v) is 4.81. The second kappa shape index (κ2) is 2.64. The molecule has 2 aromatic rings. The fraction of sp³-hybridized carbons (Fsp3) is 0.111. The predicted octanol–water partition coefficient (Wildman–Crippen LogP) is 3.57. The lowest BCUT2D eigenvalue weighted by atomic mass is 10.2. The van der Waals surface area contributed by atoms with E-state index in [1.165, 1.54) is 0 Å². The van der Waals surface area contributed by atoms with Gasteiger partial charge in [0.1, 0.15) is 5.75 Å². The zero-order valence-corrected chi connectivity index (χ0v) is 8.04. The molecule has 0 amide bonds. The number of halogens is 1. The molecule has 1 heterocycles. The van der Waals surface area contributed by atoms with Gasteiger partial charge in [-0.3, -0.25) is 0 Å². The van der Waals surface area contributed by atoms with Crippen molar-refractivity contribution in [2.75, 3.05) is 0 Å². The molecule has 0 unspecified atom stereocenters. The van der Waals surface area contributed by atoms with Gasteiger partial charge in [-0.05, 0) is 19.1 Å². The van der Waals surface area contributed by atoms with Crippen LogP contribution in [0.2, 0.25) is 5.02 Å². The molecule has 0 atom stereocenters. The summed E-state index contributed by atoms with van der Waals surface area (Å²) in [6.45, 7) is 1.89. The minimum atomic E-state index is 0.334. The number of aryl methyl sites for hydroxylation is 1. The van der Waals surface area contributed by atoms with Crippen LogP contribution >= 0.6 is 22.9 Å². The van der Waals surface area contributed by atoms with Crippen molar-refractivity contribution in [3.63, 3.8) is 0 Å². The zero-order valence-electron chi connectivity index (χ0n) is 6.47. The van der Waals surface area contributed by atoms with E-state index in [2.05, 4.69) is 0 Å². The van der Waals surface area contributed by atoms with E-state index in [4.69, 9.17) is 11.6 Å². The van der Waals surface area contributed by atoms with Gasteiger partial charge in [0.15, 0.2) is 0 Å². The Bertz CT molecular complexity index is 433. The van der Waals surface area contributed by atoms with Crippen LogP contribution in [0.5, 0.6) is 5.75 Å². The fourth-order valence-electron chi connectivity index (χ4n) is 1.20. The van der Waals surface area contributed by atoms with Gasteiger partial charge in [0.25, 0.3) is 0 Å². The molecule has 1 N–H and O–H groups in total. The molecule has 3 heteroatoms. The average Bonchev–Trinajstić information content (AvgIpc) is 2.41. The van der Waals surface area contributed by atoms with Crippen molar-refractivity contribution < 1.29 is 5.11 Å². The van der Waals surface area contributed by atoms with Gasteiger partial charge >= 0.3 is 0 Å². The number of hydrogen-bond donors (Lipinski definition) is 1. The Hall–Kier alpha value is -0.730. The fourth-order valence-corrected chi connectivity index (χ4v) is 2.48. The van der Waals surface area contributed by atoms with E-state index in [-0.39, 0.29) is 0 Å². The Morgan fingerprint density at radius 1 is 1.42 bits per heavy atom. The van der Waals surface area contributed by atoms with Crippen molar-refractivity contribution >= 4 is 33.0 Å². The summed E-state index contributed by atoms with van der Waals surface area (Å²) in [5, 5.41) is 13.1. The molecule has 0 spiro atoms. The number of fused-ring (bicyclic) bond motifs is 1. The van der Waals surface area contributed by atoms with Crippen LogP contribution in [0.15, 0.2) is 17.5 Å². The molecule has 12 heavy (non-hydrogen) atoms. The third-order valence-electron chi connectivity index (χ3n) is 1.91. The van der Waals surface area contributed by atoms with Crippen molar-refractivity contribution in [1.82, 2.24) is 0 Å². The van der Waals surface area contributed by atoms with Crippen molar-refractivity contribution in [3.05, 3.63) is 28.1 Å². The lowest BCUT2D eigenvalue weighted by Gasteiger charge is -1.98. The number of rotatable bonds is 0. The van der Waals surface area contributed by atoms with Crippen LogP contribution in [0.1, 0.15) is 5.56 Å². The van der Waals surface area contributed by atoms with Crippen molar-refractivity contribution in [1.29, 1.82) is 0 Å². The standard InChI is InChI=1S/C9H7ClOS/c1-5-8(11)3-2-6-7(10)4-12-9(5)6/h2-4,11H,1H3. The topological polar surface area (TPSA) is 20.2 Å². The van der Waals surface area contributed by atoms with E-state index in [9.17, 15) is 5.11 Å². The van der Waals surface area contributed by atoms with Crippen molar-refractivity contribution in [3.8, 4) is 5.75 Å². The third-order valence-corrected chi connectivity index (χ3v) is 3.47. The number of thiophene rings is 1. The minimum Gasteiger partial charge on any atom is -0.508 e. The molecule has 1 nitrogen and oxygen atoms in total. The monoisotopic (exact) mass is 198 g/mol. The summed E-state index contributed by atoms with van der Waals surface area (Å²) in [5.41, 5.74) is 0.907. The molecule has 0 bridgehead atoms. The molecule has 0 aliphatic carbocycles. The molecule has 0 saturated heterocycles. The SMILES string of the molecule is Cc1c(O)ccc2c(Cl)csc12. The van der Waals surface area contributed by atoms with Gasteiger partial charge in [-0.1, -0.05) is 11.6 Å². The van der Waals surface area contributed by atoms with Gasteiger partial charge in [0.05, 0.1) is 5.02 Å². The predicted molar refractivity (Wildman–Crippen MR) is 53.2 cm³/mol. The molecule has 0 fully saturated rings. The second-order valence-electron chi connectivity index (χ2n) is 2.67. The number of phenols is 1. The quantitative estimate of drug-likeness (QED) is 0.686. The van der Waals surface area contributed by atoms with E-state index < -0.39 is 0 Å². The van der Waals surface area contributed by atoms with Crippen LogP contribution in [0.4, 0.5) is 0 Å². The van der Waals surface area contributed by atoms with Crippen LogP contribution in [-0.4, -0.2) is 5.11 Å². The van der Waals surface area contributed by atoms with Crippen molar-refractivity contribution in [2.24, 2.45) is 0 Å². The smallest absolute Gasteiger partial charge is 0.119 e. The summed E-state index contributed by atoms with van der Waals surface area (Å²) in [4.78, 5) is 0. The van der Waals surface area contributed by atoms with Gasteiger partial charge in [0.2, 0.25) is 0 Å². The van der Waals surface area contributed by atoms with Gasteiger partial charge in [-0.15, -0.1) is 11.3 Å². The highest BCUT2D eigenvalue weighted by Gasteiger charge is 2.06. The maximum atomic E-state index is 9.39. The Kier molecular flexibility index (Phi) is 1.74. The molecule has 0 aliphatic heterocycles. The highest BCUT2D eigenvalue weighted by atomic mass is 35.5. The Balaban J connectivity index is 2.93. The number of benzene rings is 1. The first-order chi connectivity index (χ1) is 5.70. The van der Waals surface area contributed by atoms with Crippen LogP contribution in [0.3, 0.4) is 0 Å². The molecule has 0 aliphatic rings. The maximum Gasteiger partial charge on any atom is 0.119 e. The largest absolute Gasteiger partial charge is 0.508 e. The molecule has 2 rings (SSSR count). The summed E-state index contributed by atoms with van der Waals surface area (Å²) in [5.74, 6) is 0.334. The Morgan fingerprint density at radius 3 is 2.92 bits per heavy atom. The van der Waals surface area contributed by atoms with Gasteiger partial charge < -0.3 is 5.11 Å². The number of hydrogen-bond acceptors (Lipinski definition) is 2. The van der Waals surface area contributed by atoms with Crippen LogP contribution in [0, 0.1) is 6.92 Å². The summed E-state index contributed by atoms with van der Waals surface area (Å²) in [7, 11) is 0. The summed E-state index contributed by atoms with van der Waals surface area (Å²) >= 11 is 7.49. The van der Waals surface area contributed by atoms with Crippen LogP contribution < -0.4 is 0 Å². The number of aromatic hydroxyl groups is 1. The number of phenolic OH excluding ortho intramolecular Hbond substituents is 1. The van der Waals surface area contributed by atoms with E-state index in [1.54, 1.807) is 17.4 Å². The summed E-state index contributed by atoms with van der Waals surface area (Å²) < 4.78 is 1.07. The molecule has 0 saturated carbocycles. The highest BCUT2D eigenvalue weighted by molar-refractivity contribution is 7.18. The lowest BCUT2D eigenvalue weighted by Crippen LogP contribution is -1.73. The van der Waals surface area contributed by atoms with Crippen LogP contribution in [0.25, 0.3) is 10.1 Å². The average molecular weight is 199 g/mol. The molecule has 1 aromatic carbocycles. The van der Waals surface area contributed by atoms with E-state index in [1.807, 2.05) is 18.4 Å². The Morgan fingerprint density at radius 2 is 2.17 bits per heavy atom. The van der Waals surface area contributed by atoms with Gasteiger partial charge in [-0.2, -0.15) is 0 Å². The minimum absolute atomic E-state index is 0.334. The van der Waals surface area contributed by atoms with Crippen LogP contribution in [-0.2, 0) is 0 Å².